The quantitative estimate of drug-likeness (QED) is 0.816. The van der Waals surface area contributed by atoms with Gasteiger partial charge in [0.2, 0.25) is 5.91 Å². The molecule has 0 radical (unpaired) electrons. The van der Waals surface area contributed by atoms with Crippen LogP contribution in [0.3, 0.4) is 0 Å². The van der Waals surface area contributed by atoms with Crippen molar-refractivity contribution < 1.29 is 4.79 Å². The van der Waals surface area contributed by atoms with E-state index in [1.54, 1.807) is 0 Å². The van der Waals surface area contributed by atoms with Crippen molar-refractivity contribution in [2.24, 2.45) is 0 Å². The molecular formula is C17H25N3O. The second kappa shape index (κ2) is 6.06. The molecule has 1 aliphatic carbocycles. The molecule has 1 saturated heterocycles. The number of nitrogens with zero attached hydrogens (tertiary/aromatic N) is 1. The molecule has 1 aliphatic heterocycles. The number of anilines is 1. The van der Waals surface area contributed by atoms with Crippen LogP contribution >= 0.6 is 0 Å². The zero-order valence-corrected chi connectivity index (χ0v) is 12.7. The van der Waals surface area contributed by atoms with Gasteiger partial charge in [0, 0.05) is 37.3 Å². The summed E-state index contributed by atoms with van der Waals surface area (Å²) in [5, 5.41) is 3.20. The number of rotatable bonds is 5. The molecule has 1 heterocycles. The number of nitrogens with two attached hydrogens (primary N) is 1. The highest BCUT2D eigenvalue weighted by Gasteiger charge is 2.34. The van der Waals surface area contributed by atoms with Gasteiger partial charge >= 0.3 is 0 Å². The lowest BCUT2D eigenvalue weighted by atomic mass is 9.97. The van der Waals surface area contributed by atoms with E-state index in [-0.39, 0.29) is 11.8 Å². The Kier molecular flexibility index (Phi) is 4.15. The lowest BCUT2D eigenvalue weighted by Gasteiger charge is -2.17. The molecule has 0 spiro atoms. The predicted molar refractivity (Wildman–Crippen MR) is 85.0 cm³/mol. The van der Waals surface area contributed by atoms with Gasteiger partial charge in [0.15, 0.2) is 0 Å². The first-order valence-corrected chi connectivity index (χ1v) is 8.00. The highest BCUT2D eigenvalue weighted by molar-refractivity contribution is 5.77. The second-order valence-corrected chi connectivity index (χ2v) is 6.55. The second-order valence-electron chi connectivity index (χ2n) is 6.55. The molecule has 1 aromatic rings. The molecule has 1 amide bonds. The van der Waals surface area contributed by atoms with Crippen LogP contribution in [0.4, 0.5) is 5.69 Å². The van der Waals surface area contributed by atoms with Gasteiger partial charge in [-0.15, -0.1) is 0 Å². The fraction of sp³-hybridized carbons (Fsp3) is 0.588. The standard InChI is InChI=1S/C17H25N3O/c1-12(13-2-4-14(18)5-3-13)10-17(21)19-15-8-9-20(11-15)16-6-7-16/h2-5,12,15-16H,6-11,18H2,1H3,(H,19,21). The maximum atomic E-state index is 12.2. The van der Waals surface area contributed by atoms with E-state index in [1.165, 1.54) is 18.4 Å². The number of hydrogen-bond acceptors (Lipinski definition) is 3. The Morgan fingerprint density at radius 2 is 2.05 bits per heavy atom. The van der Waals surface area contributed by atoms with E-state index < -0.39 is 0 Å². The van der Waals surface area contributed by atoms with E-state index in [0.29, 0.717) is 12.5 Å². The number of hydrogen-bond donors (Lipinski definition) is 2. The van der Waals surface area contributed by atoms with Crippen molar-refractivity contribution >= 4 is 11.6 Å². The van der Waals surface area contributed by atoms with Crippen molar-refractivity contribution in [1.29, 1.82) is 0 Å². The summed E-state index contributed by atoms with van der Waals surface area (Å²) in [4.78, 5) is 14.7. The van der Waals surface area contributed by atoms with Crippen LogP contribution in [-0.2, 0) is 4.79 Å². The predicted octanol–water partition coefficient (Wildman–Crippen LogP) is 2.12. The van der Waals surface area contributed by atoms with Crippen molar-refractivity contribution in [2.45, 2.75) is 50.6 Å². The van der Waals surface area contributed by atoms with Crippen LogP contribution < -0.4 is 11.1 Å². The maximum Gasteiger partial charge on any atom is 0.220 e. The van der Waals surface area contributed by atoms with Gasteiger partial charge < -0.3 is 11.1 Å². The molecule has 4 nitrogen and oxygen atoms in total. The smallest absolute Gasteiger partial charge is 0.220 e. The highest BCUT2D eigenvalue weighted by atomic mass is 16.1. The van der Waals surface area contributed by atoms with Gasteiger partial charge in [-0.25, -0.2) is 0 Å². The maximum absolute atomic E-state index is 12.2. The number of carbonyl (C=O) groups excluding carboxylic acids is 1. The first kappa shape index (κ1) is 14.4. The lowest BCUT2D eigenvalue weighted by molar-refractivity contribution is -0.122. The van der Waals surface area contributed by atoms with Crippen molar-refractivity contribution in [3.05, 3.63) is 29.8 Å². The van der Waals surface area contributed by atoms with Gasteiger partial charge in [0.05, 0.1) is 0 Å². The normalized spacial score (nSPS) is 24.0. The summed E-state index contributed by atoms with van der Waals surface area (Å²) >= 11 is 0. The van der Waals surface area contributed by atoms with Crippen LogP contribution in [0, 0.1) is 0 Å². The molecule has 3 rings (SSSR count). The van der Waals surface area contributed by atoms with Crippen LogP contribution in [0.25, 0.3) is 0 Å². The van der Waals surface area contributed by atoms with Gasteiger partial charge in [-0.2, -0.15) is 0 Å². The van der Waals surface area contributed by atoms with Gasteiger partial charge in [-0.1, -0.05) is 19.1 Å². The monoisotopic (exact) mass is 287 g/mol. The summed E-state index contributed by atoms with van der Waals surface area (Å²) in [5.74, 6) is 0.397. The minimum atomic E-state index is 0.168. The van der Waals surface area contributed by atoms with Crippen molar-refractivity contribution in [3.8, 4) is 0 Å². The number of benzene rings is 1. The molecule has 114 valence electrons. The minimum absolute atomic E-state index is 0.168. The zero-order valence-electron chi connectivity index (χ0n) is 12.7. The summed E-state index contributed by atoms with van der Waals surface area (Å²) in [6.45, 7) is 4.27. The molecule has 2 unspecified atom stereocenters. The van der Waals surface area contributed by atoms with E-state index >= 15 is 0 Å². The molecule has 3 N–H and O–H groups in total. The van der Waals surface area contributed by atoms with E-state index in [4.69, 9.17) is 5.73 Å². The Balaban J connectivity index is 1.46. The molecule has 2 atom stereocenters. The molecule has 0 bridgehead atoms. The molecule has 1 saturated carbocycles. The van der Waals surface area contributed by atoms with E-state index in [9.17, 15) is 4.79 Å². The lowest BCUT2D eigenvalue weighted by Crippen LogP contribution is -2.37. The Morgan fingerprint density at radius 3 is 2.71 bits per heavy atom. The van der Waals surface area contributed by atoms with Gasteiger partial charge in [-0.05, 0) is 42.9 Å². The van der Waals surface area contributed by atoms with E-state index in [1.807, 2.05) is 24.3 Å². The van der Waals surface area contributed by atoms with Gasteiger partial charge in [-0.3, -0.25) is 9.69 Å². The average molecular weight is 287 g/mol. The first-order chi connectivity index (χ1) is 10.1. The van der Waals surface area contributed by atoms with Crippen molar-refractivity contribution in [1.82, 2.24) is 10.2 Å². The number of carbonyl (C=O) groups is 1. The Bertz CT molecular complexity index is 495. The minimum Gasteiger partial charge on any atom is -0.399 e. The van der Waals surface area contributed by atoms with Crippen LogP contribution in [0.2, 0.25) is 0 Å². The summed E-state index contributed by atoms with van der Waals surface area (Å²) < 4.78 is 0. The summed E-state index contributed by atoms with van der Waals surface area (Å²) in [6, 6.07) is 8.97. The fourth-order valence-electron chi connectivity index (χ4n) is 3.18. The molecule has 2 fully saturated rings. The average Bonchev–Trinajstić information content (AvgIpc) is 3.20. The molecule has 0 aromatic heterocycles. The molecule has 4 heteroatoms. The van der Waals surface area contributed by atoms with Crippen molar-refractivity contribution in [3.63, 3.8) is 0 Å². The summed E-state index contributed by atoms with van der Waals surface area (Å²) in [5.41, 5.74) is 7.63. The summed E-state index contributed by atoms with van der Waals surface area (Å²) in [7, 11) is 0. The SMILES string of the molecule is CC(CC(=O)NC1CCN(C2CC2)C1)c1ccc(N)cc1. The largest absolute Gasteiger partial charge is 0.399 e. The topological polar surface area (TPSA) is 58.4 Å². The third kappa shape index (κ3) is 3.76. The Labute approximate surface area is 126 Å². The Hall–Kier alpha value is -1.55. The van der Waals surface area contributed by atoms with Crippen molar-refractivity contribution in [2.75, 3.05) is 18.8 Å². The van der Waals surface area contributed by atoms with Gasteiger partial charge in [0.1, 0.15) is 0 Å². The number of amides is 1. The zero-order chi connectivity index (χ0) is 14.8. The van der Waals surface area contributed by atoms with E-state index in [0.717, 1.165) is 31.2 Å². The number of nitrogens with one attached hydrogen (secondary N) is 1. The fourth-order valence-corrected chi connectivity index (χ4v) is 3.18. The molecule has 1 aromatic carbocycles. The van der Waals surface area contributed by atoms with Gasteiger partial charge in [0.25, 0.3) is 0 Å². The molecule has 21 heavy (non-hydrogen) atoms. The molecule has 2 aliphatic rings. The number of likely N-dealkylation sites (tertiary alicyclic amines) is 1. The number of nitrogen functional groups attached to an aromatic ring is 1. The molecular weight excluding hydrogens is 262 g/mol. The van der Waals surface area contributed by atoms with Crippen LogP contribution in [0.1, 0.15) is 44.1 Å². The van der Waals surface area contributed by atoms with Crippen LogP contribution in [0.5, 0.6) is 0 Å². The Morgan fingerprint density at radius 1 is 1.33 bits per heavy atom. The van der Waals surface area contributed by atoms with Crippen LogP contribution in [0.15, 0.2) is 24.3 Å². The van der Waals surface area contributed by atoms with Crippen LogP contribution in [-0.4, -0.2) is 36.0 Å². The third-order valence-corrected chi connectivity index (χ3v) is 4.65. The summed E-state index contributed by atoms with van der Waals surface area (Å²) in [6.07, 6.45) is 4.33. The third-order valence-electron chi connectivity index (χ3n) is 4.65. The highest BCUT2D eigenvalue weighted by Crippen LogP contribution is 2.30. The van der Waals surface area contributed by atoms with E-state index in [2.05, 4.69) is 17.1 Å². The first-order valence-electron chi connectivity index (χ1n) is 8.00.